The summed E-state index contributed by atoms with van der Waals surface area (Å²) in [5.74, 6) is 0. The zero-order valence-corrected chi connectivity index (χ0v) is 12.0. The van der Waals surface area contributed by atoms with Crippen LogP contribution in [0.3, 0.4) is 0 Å². The SMILES string of the molecule is Cc1ccccc1-c1cnn(Cc2cccc(Cl)c2)c1. The van der Waals surface area contributed by atoms with E-state index in [4.69, 9.17) is 11.6 Å². The Morgan fingerprint density at radius 3 is 2.75 bits per heavy atom. The third-order valence-electron chi connectivity index (χ3n) is 3.32. The molecule has 1 heterocycles. The summed E-state index contributed by atoms with van der Waals surface area (Å²) in [6, 6.07) is 16.2. The summed E-state index contributed by atoms with van der Waals surface area (Å²) in [5.41, 5.74) is 4.78. The predicted octanol–water partition coefficient (Wildman–Crippen LogP) is 4.56. The number of aromatic nitrogens is 2. The molecule has 1 aromatic heterocycles. The molecule has 3 aromatic rings. The minimum atomic E-state index is 0.729. The summed E-state index contributed by atoms with van der Waals surface area (Å²) in [7, 11) is 0. The van der Waals surface area contributed by atoms with Crippen molar-refractivity contribution in [3.8, 4) is 11.1 Å². The highest BCUT2D eigenvalue weighted by Gasteiger charge is 2.04. The maximum absolute atomic E-state index is 6.00. The number of hydrogen-bond donors (Lipinski definition) is 0. The maximum atomic E-state index is 6.00. The molecule has 2 nitrogen and oxygen atoms in total. The van der Waals surface area contributed by atoms with Crippen molar-refractivity contribution in [2.45, 2.75) is 13.5 Å². The van der Waals surface area contributed by atoms with Crippen LogP contribution in [-0.2, 0) is 6.54 Å². The fourth-order valence-electron chi connectivity index (χ4n) is 2.31. The Balaban J connectivity index is 1.86. The number of aryl methyl sites for hydroxylation is 1. The molecule has 3 rings (SSSR count). The highest BCUT2D eigenvalue weighted by atomic mass is 35.5. The molecule has 0 aliphatic carbocycles. The van der Waals surface area contributed by atoms with E-state index in [2.05, 4.69) is 48.6 Å². The molecule has 0 spiro atoms. The number of halogens is 1. The zero-order chi connectivity index (χ0) is 13.9. The van der Waals surface area contributed by atoms with Gasteiger partial charge in [-0.1, -0.05) is 48.0 Å². The summed E-state index contributed by atoms with van der Waals surface area (Å²) in [5, 5.41) is 5.19. The average Bonchev–Trinajstić information content (AvgIpc) is 2.87. The molecular formula is C17H15ClN2. The molecule has 0 N–H and O–H groups in total. The van der Waals surface area contributed by atoms with E-state index >= 15 is 0 Å². The molecule has 100 valence electrons. The van der Waals surface area contributed by atoms with Crippen molar-refractivity contribution in [3.63, 3.8) is 0 Å². The quantitative estimate of drug-likeness (QED) is 0.688. The minimum absolute atomic E-state index is 0.729. The molecule has 0 bridgehead atoms. The van der Waals surface area contributed by atoms with Crippen molar-refractivity contribution in [3.05, 3.63) is 77.1 Å². The smallest absolute Gasteiger partial charge is 0.0660 e. The van der Waals surface area contributed by atoms with Gasteiger partial charge in [-0.15, -0.1) is 0 Å². The standard InChI is InChI=1S/C17H15ClN2/c1-13-5-2-3-8-17(13)15-10-19-20(12-15)11-14-6-4-7-16(18)9-14/h2-10,12H,11H2,1H3. The number of hydrogen-bond acceptors (Lipinski definition) is 1. The van der Waals surface area contributed by atoms with Gasteiger partial charge in [-0.3, -0.25) is 4.68 Å². The van der Waals surface area contributed by atoms with Crippen LogP contribution >= 0.6 is 11.6 Å². The Bertz CT molecular complexity index is 731. The van der Waals surface area contributed by atoms with Gasteiger partial charge < -0.3 is 0 Å². The van der Waals surface area contributed by atoms with E-state index in [9.17, 15) is 0 Å². The van der Waals surface area contributed by atoms with Crippen molar-refractivity contribution >= 4 is 11.6 Å². The van der Waals surface area contributed by atoms with Gasteiger partial charge in [-0.2, -0.15) is 5.10 Å². The first-order valence-electron chi connectivity index (χ1n) is 6.55. The Morgan fingerprint density at radius 2 is 1.95 bits per heavy atom. The summed E-state index contributed by atoms with van der Waals surface area (Å²) in [6.45, 7) is 2.84. The molecule has 0 saturated heterocycles. The Hall–Kier alpha value is -2.06. The summed E-state index contributed by atoms with van der Waals surface area (Å²) < 4.78 is 1.94. The van der Waals surface area contributed by atoms with E-state index < -0.39 is 0 Å². The Morgan fingerprint density at radius 1 is 1.10 bits per heavy atom. The second kappa shape index (κ2) is 5.51. The second-order valence-electron chi connectivity index (χ2n) is 4.87. The lowest BCUT2D eigenvalue weighted by Crippen LogP contribution is -1.99. The lowest BCUT2D eigenvalue weighted by Gasteiger charge is -2.03. The number of benzene rings is 2. The predicted molar refractivity (Wildman–Crippen MR) is 83.0 cm³/mol. The molecule has 0 atom stereocenters. The molecular weight excluding hydrogens is 268 g/mol. The first-order valence-corrected chi connectivity index (χ1v) is 6.93. The van der Waals surface area contributed by atoms with Gasteiger partial charge in [-0.25, -0.2) is 0 Å². The first kappa shape index (κ1) is 12.9. The number of nitrogens with zero attached hydrogens (tertiary/aromatic N) is 2. The highest BCUT2D eigenvalue weighted by molar-refractivity contribution is 6.30. The molecule has 0 saturated carbocycles. The summed E-state index contributed by atoms with van der Waals surface area (Å²) in [4.78, 5) is 0. The van der Waals surface area contributed by atoms with Gasteiger partial charge in [0.1, 0.15) is 0 Å². The normalized spacial score (nSPS) is 10.7. The molecule has 0 aliphatic heterocycles. The monoisotopic (exact) mass is 282 g/mol. The van der Waals surface area contributed by atoms with Crippen LogP contribution in [0.1, 0.15) is 11.1 Å². The zero-order valence-electron chi connectivity index (χ0n) is 11.3. The molecule has 0 aliphatic rings. The summed E-state index contributed by atoms with van der Waals surface area (Å²) >= 11 is 6.00. The number of rotatable bonds is 3. The maximum Gasteiger partial charge on any atom is 0.0660 e. The van der Waals surface area contributed by atoms with Crippen molar-refractivity contribution in [2.75, 3.05) is 0 Å². The van der Waals surface area contributed by atoms with Crippen LogP contribution in [0.2, 0.25) is 5.02 Å². The molecule has 20 heavy (non-hydrogen) atoms. The summed E-state index contributed by atoms with van der Waals surface area (Å²) in [6.07, 6.45) is 3.98. The largest absolute Gasteiger partial charge is 0.268 e. The lowest BCUT2D eigenvalue weighted by molar-refractivity contribution is 0.687. The van der Waals surface area contributed by atoms with Crippen molar-refractivity contribution in [1.29, 1.82) is 0 Å². The van der Waals surface area contributed by atoms with Gasteiger partial charge >= 0.3 is 0 Å². The van der Waals surface area contributed by atoms with E-state index in [1.807, 2.05) is 29.1 Å². The molecule has 0 amide bonds. The van der Waals surface area contributed by atoms with E-state index in [0.29, 0.717) is 0 Å². The van der Waals surface area contributed by atoms with Crippen LogP contribution in [0.15, 0.2) is 60.9 Å². The van der Waals surface area contributed by atoms with E-state index in [1.54, 1.807) is 0 Å². The molecule has 0 fully saturated rings. The van der Waals surface area contributed by atoms with Crippen LogP contribution in [-0.4, -0.2) is 9.78 Å². The van der Waals surface area contributed by atoms with Crippen LogP contribution in [0.4, 0.5) is 0 Å². The minimum Gasteiger partial charge on any atom is -0.268 e. The lowest BCUT2D eigenvalue weighted by atomic mass is 10.0. The molecule has 2 aromatic carbocycles. The van der Waals surface area contributed by atoms with Crippen molar-refractivity contribution < 1.29 is 0 Å². The Labute approximate surface area is 123 Å². The first-order chi connectivity index (χ1) is 9.72. The van der Waals surface area contributed by atoms with Gasteiger partial charge in [0.25, 0.3) is 0 Å². The van der Waals surface area contributed by atoms with Gasteiger partial charge in [0.2, 0.25) is 0 Å². The Kier molecular flexibility index (Phi) is 3.57. The highest BCUT2D eigenvalue weighted by Crippen LogP contribution is 2.22. The topological polar surface area (TPSA) is 17.8 Å². The van der Waals surface area contributed by atoms with Gasteiger partial charge in [0, 0.05) is 16.8 Å². The van der Waals surface area contributed by atoms with Crippen LogP contribution < -0.4 is 0 Å². The van der Waals surface area contributed by atoms with Crippen molar-refractivity contribution in [2.24, 2.45) is 0 Å². The van der Waals surface area contributed by atoms with Gasteiger partial charge in [0.05, 0.1) is 12.7 Å². The molecule has 0 unspecified atom stereocenters. The molecule has 3 heteroatoms. The van der Waals surface area contributed by atoms with E-state index in [0.717, 1.165) is 22.7 Å². The third-order valence-corrected chi connectivity index (χ3v) is 3.56. The van der Waals surface area contributed by atoms with Crippen molar-refractivity contribution in [1.82, 2.24) is 9.78 Å². The fourth-order valence-corrected chi connectivity index (χ4v) is 2.52. The van der Waals surface area contributed by atoms with E-state index in [1.165, 1.54) is 11.1 Å². The average molecular weight is 283 g/mol. The second-order valence-corrected chi connectivity index (χ2v) is 5.31. The van der Waals surface area contributed by atoms with E-state index in [-0.39, 0.29) is 0 Å². The fraction of sp³-hybridized carbons (Fsp3) is 0.118. The van der Waals surface area contributed by atoms with Crippen LogP contribution in [0.25, 0.3) is 11.1 Å². The van der Waals surface area contributed by atoms with Gasteiger partial charge in [-0.05, 0) is 35.7 Å². The third kappa shape index (κ3) is 2.75. The molecule has 0 radical (unpaired) electrons. The van der Waals surface area contributed by atoms with Gasteiger partial charge in [0.15, 0.2) is 0 Å². The van der Waals surface area contributed by atoms with Crippen LogP contribution in [0.5, 0.6) is 0 Å². The van der Waals surface area contributed by atoms with Crippen LogP contribution in [0, 0.1) is 6.92 Å².